The summed E-state index contributed by atoms with van der Waals surface area (Å²) in [5.41, 5.74) is 4.09. The number of rotatable bonds is 0. The van der Waals surface area contributed by atoms with E-state index in [1.54, 1.807) is 0 Å². The van der Waals surface area contributed by atoms with E-state index in [4.69, 9.17) is 5.73 Å². The highest BCUT2D eigenvalue weighted by Gasteiger charge is 2.33. The van der Waals surface area contributed by atoms with Crippen molar-refractivity contribution in [3.8, 4) is 0 Å². The van der Waals surface area contributed by atoms with Crippen LogP contribution in [0.5, 0.6) is 0 Å². The van der Waals surface area contributed by atoms with Gasteiger partial charge >= 0.3 is 6.18 Å². The molecule has 6 heteroatoms. The lowest BCUT2D eigenvalue weighted by Gasteiger charge is -2.10. The predicted octanol–water partition coefficient (Wildman–Crippen LogP) is 3.81. The number of alkyl halides is 3. The molecule has 0 amide bonds. The molecule has 0 aliphatic rings. The molecule has 0 saturated carbocycles. The fraction of sp³-hybridized carbons (Fsp3) is 0.143. The quantitative estimate of drug-likeness (QED) is 0.723. The first-order valence-electron chi connectivity index (χ1n) is 3.14. The zero-order chi connectivity index (χ0) is 10.2. The van der Waals surface area contributed by atoms with Crippen LogP contribution in [0.1, 0.15) is 5.56 Å². The highest BCUT2D eigenvalue weighted by Crippen LogP contribution is 2.38. The smallest absolute Gasteiger partial charge is 0.398 e. The Balaban J connectivity index is 3.32. The summed E-state index contributed by atoms with van der Waals surface area (Å²) in [6.45, 7) is 0. The molecule has 0 fully saturated rings. The zero-order valence-electron chi connectivity index (χ0n) is 6.12. The van der Waals surface area contributed by atoms with Crippen molar-refractivity contribution in [2.45, 2.75) is 6.18 Å². The van der Waals surface area contributed by atoms with Gasteiger partial charge < -0.3 is 5.73 Å². The van der Waals surface area contributed by atoms with E-state index in [2.05, 4.69) is 31.9 Å². The third-order valence-electron chi connectivity index (χ3n) is 1.40. The van der Waals surface area contributed by atoms with Crippen molar-refractivity contribution in [2.75, 3.05) is 5.73 Å². The van der Waals surface area contributed by atoms with E-state index < -0.39 is 11.7 Å². The topological polar surface area (TPSA) is 26.0 Å². The number of halogens is 5. The first-order valence-corrected chi connectivity index (χ1v) is 4.72. The van der Waals surface area contributed by atoms with Crippen molar-refractivity contribution < 1.29 is 13.2 Å². The Bertz CT molecular complexity index is 335. The van der Waals surface area contributed by atoms with Crippen LogP contribution < -0.4 is 5.73 Å². The molecule has 1 nitrogen and oxygen atoms in total. The van der Waals surface area contributed by atoms with Crippen LogP contribution in [0.3, 0.4) is 0 Å². The minimum atomic E-state index is -4.41. The molecule has 0 saturated heterocycles. The maximum Gasteiger partial charge on any atom is 0.418 e. The maximum absolute atomic E-state index is 12.2. The van der Waals surface area contributed by atoms with Crippen LogP contribution in [0.15, 0.2) is 21.1 Å². The summed E-state index contributed by atoms with van der Waals surface area (Å²) in [6, 6.07) is 2.16. The van der Waals surface area contributed by atoms with Crippen LogP contribution in [0.4, 0.5) is 18.9 Å². The van der Waals surface area contributed by atoms with Crippen LogP contribution in [0.25, 0.3) is 0 Å². The van der Waals surface area contributed by atoms with Crippen molar-refractivity contribution in [3.63, 3.8) is 0 Å². The van der Waals surface area contributed by atoms with Gasteiger partial charge in [-0.05, 0) is 44.0 Å². The Morgan fingerprint density at radius 3 is 2.00 bits per heavy atom. The molecular formula is C7H4Br2F3N. The fourth-order valence-electron chi connectivity index (χ4n) is 0.808. The van der Waals surface area contributed by atoms with Crippen LogP contribution in [0.2, 0.25) is 0 Å². The summed E-state index contributed by atoms with van der Waals surface area (Å²) >= 11 is 6.02. The summed E-state index contributed by atoms with van der Waals surface area (Å²) in [5, 5.41) is 0. The largest absolute Gasteiger partial charge is 0.418 e. The number of benzene rings is 1. The molecule has 0 aliphatic heterocycles. The van der Waals surface area contributed by atoms with E-state index in [-0.39, 0.29) is 5.69 Å². The summed E-state index contributed by atoms with van der Waals surface area (Å²) < 4.78 is 37.6. The monoisotopic (exact) mass is 317 g/mol. The average Bonchev–Trinajstić information content (AvgIpc) is 1.94. The first kappa shape index (κ1) is 10.8. The maximum atomic E-state index is 12.2. The van der Waals surface area contributed by atoms with Gasteiger partial charge in [-0.25, -0.2) is 0 Å². The van der Waals surface area contributed by atoms with Gasteiger partial charge in [0.05, 0.1) is 5.56 Å². The van der Waals surface area contributed by atoms with Crippen molar-refractivity contribution >= 4 is 37.5 Å². The molecule has 0 radical (unpaired) electrons. The molecule has 72 valence electrons. The number of hydrogen-bond acceptors (Lipinski definition) is 1. The molecule has 0 unspecified atom stereocenters. The van der Waals surface area contributed by atoms with Crippen molar-refractivity contribution in [1.29, 1.82) is 0 Å². The van der Waals surface area contributed by atoms with Gasteiger partial charge in [0, 0.05) is 14.6 Å². The first-order chi connectivity index (χ1) is 5.82. The lowest BCUT2D eigenvalue weighted by molar-refractivity contribution is -0.136. The third-order valence-corrected chi connectivity index (χ3v) is 3.24. The Morgan fingerprint density at radius 1 is 1.08 bits per heavy atom. The highest BCUT2D eigenvalue weighted by atomic mass is 79.9. The molecule has 1 aromatic carbocycles. The molecule has 0 spiro atoms. The van der Waals surface area contributed by atoms with E-state index in [1.165, 1.54) is 6.07 Å². The molecule has 1 aromatic rings. The van der Waals surface area contributed by atoms with Gasteiger partial charge in [-0.1, -0.05) is 0 Å². The Kier molecular flexibility index (Phi) is 2.91. The molecule has 1 rings (SSSR count). The van der Waals surface area contributed by atoms with E-state index in [0.29, 0.717) is 8.95 Å². The number of hydrogen-bond donors (Lipinski definition) is 1. The van der Waals surface area contributed by atoms with E-state index in [1.807, 2.05) is 0 Å². The molecule has 0 aromatic heterocycles. The second-order valence-corrected chi connectivity index (χ2v) is 4.06. The predicted molar refractivity (Wildman–Crippen MR) is 51.3 cm³/mol. The molecule has 0 aliphatic carbocycles. The average molecular weight is 319 g/mol. The lowest BCUT2D eigenvalue weighted by Crippen LogP contribution is -2.08. The van der Waals surface area contributed by atoms with Gasteiger partial charge in [0.2, 0.25) is 0 Å². The van der Waals surface area contributed by atoms with Crippen molar-refractivity contribution in [1.82, 2.24) is 0 Å². The second-order valence-electron chi connectivity index (χ2n) is 2.35. The number of nitrogens with two attached hydrogens (primary N) is 1. The van der Waals surface area contributed by atoms with Gasteiger partial charge in [-0.2, -0.15) is 13.2 Å². The number of nitrogen functional groups attached to an aromatic ring is 1. The number of anilines is 1. The molecular weight excluding hydrogens is 315 g/mol. The Morgan fingerprint density at radius 2 is 1.54 bits per heavy atom. The van der Waals surface area contributed by atoms with Gasteiger partial charge in [0.1, 0.15) is 0 Å². The molecule has 13 heavy (non-hydrogen) atoms. The molecule has 0 heterocycles. The van der Waals surface area contributed by atoms with E-state index in [0.717, 1.165) is 6.07 Å². The minimum Gasteiger partial charge on any atom is -0.398 e. The lowest BCUT2D eigenvalue weighted by atomic mass is 10.2. The van der Waals surface area contributed by atoms with E-state index >= 15 is 0 Å². The Hall–Kier alpha value is -0.230. The molecule has 2 N–H and O–H groups in total. The van der Waals surface area contributed by atoms with E-state index in [9.17, 15) is 13.2 Å². The van der Waals surface area contributed by atoms with Gasteiger partial charge in [0.15, 0.2) is 0 Å². The minimum absolute atomic E-state index is 0.289. The normalized spacial score (nSPS) is 11.8. The van der Waals surface area contributed by atoms with Crippen LogP contribution in [-0.2, 0) is 6.18 Å². The van der Waals surface area contributed by atoms with Crippen LogP contribution in [-0.4, -0.2) is 0 Å². The fourth-order valence-corrected chi connectivity index (χ4v) is 1.51. The SMILES string of the molecule is Nc1cc(Br)c(Br)cc1C(F)(F)F. The zero-order valence-corrected chi connectivity index (χ0v) is 9.29. The highest BCUT2D eigenvalue weighted by molar-refractivity contribution is 9.13. The standard InChI is InChI=1S/C7H4Br2F3N/c8-4-1-3(7(10,11)12)6(13)2-5(4)9/h1-2H,13H2. The summed E-state index contributed by atoms with van der Waals surface area (Å²) in [4.78, 5) is 0. The van der Waals surface area contributed by atoms with Crippen molar-refractivity contribution in [3.05, 3.63) is 26.6 Å². The third kappa shape index (κ3) is 2.37. The van der Waals surface area contributed by atoms with Gasteiger partial charge in [0.25, 0.3) is 0 Å². The summed E-state index contributed by atoms with van der Waals surface area (Å²) in [5.74, 6) is 0. The van der Waals surface area contributed by atoms with Crippen molar-refractivity contribution in [2.24, 2.45) is 0 Å². The van der Waals surface area contributed by atoms with Crippen LogP contribution >= 0.6 is 31.9 Å². The van der Waals surface area contributed by atoms with Gasteiger partial charge in [-0.3, -0.25) is 0 Å². The second kappa shape index (κ2) is 3.49. The van der Waals surface area contributed by atoms with Gasteiger partial charge in [-0.15, -0.1) is 0 Å². The summed E-state index contributed by atoms with van der Waals surface area (Å²) in [6.07, 6.45) is -4.41. The molecule has 0 atom stereocenters. The summed E-state index contributed by atoms with van der Waals surface area (Å²) in [7, 11) is 0. The Labute approximate surface area is 89.4 Å². The molecule has 0 bridgehead atoms. The van der Waals surface area contributed by atoms with Crippen LogP contribution in [0, 0.1) is 0 Å².